The Morgan fingerprint density at radius 2 is 2.50 bits per heavy atom. The van der Waals surface area contributed by atoms with Gasteiger partial charge in [-0.05, 0) is 20.0 Å². The lowest BCUT2D eigenvalue weighted by Crippen LogP contribution is -2.24. The smallest absolute Gasteiger partial charge is 0.313 e. The van der Waals surface area contributed by atoms with Gasteiger partial charge in [-0.25, -0.2) is 4.79 Å². The number of likely N-dealkylation sites (N-methyl/N-ethyl adjacent to an activating group) is 1. The molecule has 0 amide bonds. The summed E-state index contributed by atoms with van der Waals surface area (Å²) in [5.41, 5.74) is 0.00954. The third kappa shape index (κ3) is 1.18. The van der Waals surface area contributed by atoms with E-state index in [9.17, 15) is 4.79 Å². The molecule has 1 aliphatic rings. The van der Waals surface area contributed by atoms with Gasteiger partial charge in [-0.2, -0.15) is 0 Å². The minimum atomic E-state index is 0.00954. The van der Waals surface area contributed by atoms with Crippen LogP contribution in [-0.2, 0) is 0 Å². The van der Waals surface area contributed by atoms with Gasteiger partial charge in [-0.3, -0.25) is 4.57 Å². The summed E-state index contributed by atoms with van der Waals surface area (Å²) in [6, 6.07) is 0.369. The van der Waals surface area contributed by atoms with Gasteiger partial charge in [0.2, 0.25) is 0 Å². The molecule has 4 heteroatoms. The zero-order valence-electron chi connectivity index (χ0n) is 7.16. The van der Waals surface area contributed by atoms with Gasteiger partial charge < -0.3 is 9.88 Å². The molecule has 2 heterocycles. The van der Waals surface area contributed by atoms with Crippen molar-refractivity contribution in [1.29, 1.82) is 0 Å². The van der Waals surface area contributed by atoms with Crippen LogP contribution in [0.1, 0.15) is 12.5 Å². The van der Waals surface area contributed by atoms with Crippen molar-refractivity contribution in [2.24, 2.45) is 0 Å². The topological polar surface area (TPSA) is 41.0 Å². The Hall–Kier alpha value is -1.03. The number of H-pyrrole nitrogens is 1. The van der Waals surface area contributed by atoms with Crippen molar-refractivity contribution >= 4 is 0 Å². The molecule has 1 aromatic rings. The Balaban J connectivity index is 2.21. The summed E-state index contributed by atoms with van der Waals surface area (Å²) in [5.74, 6) is 0. The second-order valence-corrected chi connectivity index (χ2v) is 3.38. The van der Waals surface area contributed by atoms with Crippen molar-refractivity contribution < 1.29 is 0 Å². The van der Waals surface area contributed by atoms with Crippen LogP contribution in [0.25, 0.3) is 0 Å². The van der Waals surface area contributed by atoms with E-state index in [4.69, 9.17) is 0 Å². The first kappa shape index (κ1) is 7.61. The first-order valence-corrected chi connectivity index (χ1v) is 4.21. The molecule has 0 radical (unpaired) electrons. The van der Waals surface area contributed by atoms with E-state index in [1.165, 1.54) is 0 Å². The molecule has 1 fully saturated rings. The maximum atomic E-state index is 11.2. The molecule has 0 bridgehead atoms. The summed E-state index contributed by atoms with van der Waals surface area (Å²) in [6.45, 7) is 2.07. The van der Waals surface area contributed by atoms with Gasteiger partial charge in [0, 0.05) is 18.9 Å². The Morgan fingerprint density at radius 3 is 3.00 bits per heavy atom. The fraction of sp³-hybridized carbons (Fsp3) is 0.625. The van der Waals surface area contributed by atoms with E-state index in [1.54, 1.807) is 10.8 Å². The molecule has 4 nitrogen and oxygen atoms in total. The van der Waals surface area contributed by atoms with Crippen LogP contribution in [0, 0.1) is 0 Å². The number of hydrogen-bond donors (Lipinski definition) is 1. The molecule has 1 saturated heterocycles. The summed E-state index contributed by atoms with van der Waals surface area (Å²) in [4.78, 5) is 16.1. The van der Waals surface area contributed by atoms with E-state index >= 15 is 0 Å². The highest BCUT2D eigenvalue weighted by Crippen LogP contribution is 2.17. The van der Waals surface area contributed by atoms with Gasteiger partial charge in [0.1, 0.15) is 0 Å². The van der Waals surface area contributed by atoms with E-state index in [-0.39, 0.29) is 5.69 Å². The predicted octanol–water partition coefficient (Wildman–Crippen LogP) is 0.0530. The van der Waals surface area contributed by atoms with E-state index in [0.29, 0.717) is 6.04 Å². The van der Waals surface area contributed by atoms with Crippen LogP contribution in [-0.4, -0.2) is 34.6 Å². The molecule has 0 aliphatic carbocycles. The van der Waals surface area contributed by atoms with Gasteiger partial charge in [-0.1, -0.05) is 0 Å². The van der Waals surface area contributed by atoms with Crippen LogP contribution in [0.3, 0.4) is 0 Å². The van der Waals surface area contributed by atoms with Crippen LogP contribution in [0.5, 0.6) is 0 Å². The lowest BCUT2D eigenvalue weighted by atomic mass is 10.3. The molecular formula is C8H13N3O. The molecule has 2 rings (SSSR count). The number of nitrogens with zero attached hydrogens (tertiary/aromatic N) is 2. The predicted molar refractivity (Wildman–Crippen MR) is 46.2 cm³/mol. The first-order chi connectivity index (χ1) is 5.77. The van der Waals surface area contributed by atoms with Crippen LogP contribution in [0.2, 0.25) is 0 Å². The van der Waals surface area contributed by atoms with Crippen LogP contribution < -0.4 is 5.69 Å². The normalized spacial score (nSPS) is 24.9. The highest BCUT2D eigenvalue weighted by Gasteiger charge is 2.21. The summed E-state index contributed by atoms with van der Waals surface area (Å²) in [6.07, 6.45) is 4.60. The number of nitrogens with one attached hydrogen (secondary N) is 1. The van der Waals surface area contributed by atoms with E-state index in [0.717, 1.165) is 19.5 Å². The monoisotopic (exact) mass is 167 g/mol. The average Bonchev–Trinajstić information content (AvgIpc) is 2.58. The van der Waals surface area contributed by atoms with Gasteiger partial charge in [0.25, 0.3) is 0 Å². The van der Waals surface area contributed by atoms with Gasteiger partial charge >= 0.3 is 5.69 Å². The van der Waals surface area contributed by atoms with Gasteiger partial charge in [0.05, 0.1) is 6.04 Å². The number of aromatic nitrogens is 2. The van der Waals surface area contributed by atoms with Crippen LogP contribution in [0.15, 0.2) is 17.2 Å². The Bertz CT molecular complexity index is 314. The number of imidazole rings is 1. The molecule has 1 aromatic heterocycles. The largest absolute Gasteiger partial charge is 0.325 e. The molecule has 0 spiro atoms. The highest BCUT2D eigenvalue weighted by atomic mass is 16.1. The van der Waals surface area contributed by atoms with Crippen LogP contribution >= 0.6 is 0 Å². The number of rotatable bonds is 1. The first-order valence-electron chi connectivity index (χ1n) is 4.21. The van der Waals surface area contributed by atoms with Gasteiger partial charge in [-0.15, -0.1) is 0 Å². The maximum Gasteiger partial charge on any atom is 0.325 e. The zero-order valence-corrected chi connectivity index (χ0v) is 7.16. The van der Waals surface area contributed by atoms with Crippen molar-refractivity contribution in [3.63, 3.8) is 0 Å². The number of aromatic amines is 1. The lowest BCUT2D eigenvalue weighted by Gasteiger charge is -2.09. The van der Waals surface area contributed by atoms with Crippen molar-refractivity contribution in [2.45, 2.75) is 12.5 Å². The number of hydrogen-bond acceptors (Lipinski definition) is 2. The van der Waals surface area contributed by atoms with Gasteiger partial charge in [0.15, 0.2) is 0 Å². The summed E-state index contributed by atoms with van der Waals surface area (Å²) in [5, 5.41) is 0. The molecule has 0 aromatic carbocycles. The SMILES string of the molecule is CN1CCC(n2cc[nH]c2=O)C1. The van der Waals surface area contributed by atoms with Crippen molar-refractivity contribution in [1.82, 2.24) is 14.5 Å². The van der Waals surface area contributed by atoms with Crippen molar-refractivity contribution in [3.05, 3.63) is 22.9 Å². The third-order valence-electron chi connectivity index (χ3n) is 2.44. The Kier molecular flexibility index (Phi) is 1.77. The third-order valence-corrected chi connectivity index (χ3v) is 2.44. The zero-order chi connectivity index (χ0) is 8.55. The molecular weight excluding hydrogens is 154 g/mol. The Morgan fingerprint density at radius 1 is 1.67 bits per heavy atom. The van der Waals surface area contributed by atoms with E-state index < -0.39 is 0 Å². The fourth-order valence-corrected chi connectivity index (χ4v) is 1.76. The van der Waals surface area contributed by atoms with Crippen molar-refractivity contribution in [2.75, 3.05) is 20.1 Å². The maximum absolute atomic E-state index is 11.2. The second kappa shape index (κ2) is 2.79. The molecule has 66 valence electrons. The number of likely N-dealkylation sites (tertiary alicyclic amines) is 1. The standard InChI is InChI=1S/C8H13N3O/c1-10-4-2-7(6-10)11-5-3-9-8(11)12/h3,5,7H,2,4,6H2,1H3,(H,9,12). The van der Waals surface area contributed by atoms with E-state index in [2.05, 4.69) is 16.9 Å². The highest BCUT2D eigenvalue weighted by molar-refractivity contribution is 4.86. The molecule has 1 unspecified atom stereocenters. The molecule has 1 atom stereocenters. The summed E-state index contributed by atoms with van der Waals surface area (Å²) >= 11 is 0. The molecule has 1 N–H and O–H groups in total. The van der Waals surface area contributed by atoms with Crippen molar-refractivity contribution in [3.8, 4) is 0 Å². The fourth-order valence-electron chi connectivity index (χ4n) is 1.76. The molecule has 1 aliphatic heterocycles. The summed E-state index contributed by atoms with van der Waals surface area (Å²) in [7, 11) is 2.08. The minimum Gasteiger partial charge on any atom is -0.313 e. The molecule has 0 saturated carbocycles. The molecule has 12 heavy (non-hydrogen) atoms. The van der Waals surface area contributed by atoms with Crippen LogP contribution in [0.4, 0.5) is 0 Å². The Labute approximate surface area is 70.8 Å². The lowest BCUT2D eigenvalue weighted by molar-refractivity contribution is 0.390. The minimum absolute atomic E-state index is 0.00954. The second-order valence-electron chi connectivity index (χ2n) is 3.38. The quantitative estimate of drug-likeness (QED) is 0.642. The summed E-state index contributed by atoms with van der Waals surface area (Å²) < 4.78 is 1.78. The average molecular weight is 167 g/mol. The van der Waals surface area contributed by atoms with E-state index in [1.807, 2.05) is 6.20 Å².